The predicted octanol–water partition coefficient (Wildman–Crippen LogP) is 2.42. The smallest absolute Gasteiger partial charge is 0.224 e. The van der Waals surface area contributed by atoms with E-state index in [1.54, 1.807) is 18.3 Å². The maximum atomic E-state index is 12.8. The summed E-state index contributed by atoms with van der Waals surface area (Å²) in [5, 5.41) is 9.96. The van der Waals surface area contributed by atoms with Crippen molar-refractivity contribution in [2.45, 2.75) is 18.5 Å². The molecular formula is C10H9ClFN5. The summed E-state index contributed by atoms with van der Waals surface area (Å²) in [5.74, 6) is 1.11. The molecule has 17 heavy (non-hydrogen) atoms. The Hall–Kier alpha value is -1.69. The van der Waals surface area contributed by atoms with Crippen LogP contribution < -0.4 is 5.32 Å². The highest BCUT2D eigenvalue weighted by molar-refractivity contribution is 6.28. The molecule has 88 valence electrons. The number of halogens is 2. The van der Waals surface area contributed by atoms with Gasteiger partial charge in [-0.05, 0) is 24.1 Å². The molecule has 2 aromatic heterocycles. The average Bonchev–Trinajstić information content (AvgIpc) is 2.85. The fraction of sp³-hybridized carbons (Fsp3) is 0.300. The molecule has 0 bridgehead atoms. The van der Waals surface area contributed by atoms with Gasteiger partial charge in [0.05, 0.1) is 0 Å². The molecule has 2 heterocycles. The fourth-order valence-electron chi connectivity index (χ4n) is 1.61. The highest BCUT2D eigenvalue weighted by Crippen LogP contribution is 2.43. The van der Waals surface area contributed by atoms with E-state index in [9.17, 15) is 4.39 Å². The van der Waals surface area contributed by atoms with Crippen molar-refractivity contribution in [3.05, 3.63) is 29.3 Å². The lowest BCUT2D eigenvalue weighted by Crippen LogP contribution is -1.94. The Morgan fingerprint density at radius 2 is 2.29 bits per heavy atom. The molecule has 2 N–H and O–H groups in total. The van der Waals surface area contributed by atoms with Gasteiger partial charge in [0.1, 0.15) is 12.0 Å². The molecular weight excluding hydrogens is 245 g/mol. The van der Waals surface area contributed by atoms with Crippen molar-refractivity contribution in [3.8, 4) is 0 Å². The Morgan fingerprint density at radius 3 is 3.00 bits per heavy atom. The molecule has 0 aliphatic heterocycles. The van der Waals surface area contributed by atoms with Gasteiger partial charge in [0.2, 0.25) is 5.28 Å². The Labute approximate surface area is 101 Å². The monoisotopic (exact) mass is 253 g/mol. The third kappa shape index (κ3) is 2.21. The van der Waals surface area contributed by atoms with Crippen LogP contribution in [0.4, 0.5) is 16.0 Å². The van der Waals surface area contributed by atoms with E-state index in [4.69, 9.17) is 11.6 Å². The van der Waals surface area contributed by atoms with Gasteiger partial charge < -0.3 is 5.32 Å². The van der Waals surface area contributed by atoms with Crippen LogP contribution in [0.5, 0.6) is 0 Å². The van der Waals surface area contributed by atoms with Gasteiger partial charge in [-0.25, -0.2) is 14.4 Å². The second kappa shape index (κ2) is 3.96. The highest BCUT2D eigenvalue weighted by atomic mass is 35.5. The zero-order valence-corrected chi connectivity index (χ0v) is 9.45. The average molecular weight is 254 g/mol. The van der Waals surface area contributed by atoms with E-state index in [1.165, 1.54) is 0 Å². The van der Waals surface area contributed by atoms with Crippen molar-refractivity contribution in [1.82, 2.24) is 20.2 Å². The van der Waals surface area contributed by atoms with Crippen LogP contribution in [0.15, 0.2) is 18.3 Å². The minimum atomic E-state index is -0.739. The Kier molecular flexibility index (Phi) is 2.44. The SMILES string of the molecule is F[C@@H]1C[C@H]1c1cc(Nc2ccnc(Cl)n2)n[nH]1. The molecule has 3 rings (SSSR count). The molecule has 0 radical (unpaired) electrons. The van der Waals surface area contributed by atoms with Crippen molar-refractivity contribution < 1.29 is 4.39 Å². The molecule has 0 spiro atoms. The number of H-pyrrole nitrogens is 1. The summed E-state index contributed by atoms with van der Waals surface area (Å²) in [6.45, 7) is 0. The largest absolute Gasteiger partial charge is 0.323 e. The standard InChI is InChI=1S/C10H9ClFN5/c11-10-13-2-1-8(15-10)14-9-4-7(16-17-9)5-3-6(5)12/h1-2,4-6H,3H2,(H2,13,14,15,16,17)/t5-,6-/m1/s1. The lowest BCUT2D eigenvalue weighted by molar-refractivity contribution is 0.466. The van der Waals surface area contributed by atoms with Crippen LogP contribution in [0.3, 0.4) is 0 Å². The van der Waals surface area contributed by atoms with Crippen LogP contribution in [0, 0.1) is 0 Å². The summed E-state index contributed by atoms with van der Waals surface area (Å²) in [6.07, 6.45) is 1.38. The molecule has 1 aliphatic carbocycles. The number of nitrogens with zero attached hydrogens (tertiary/aromatic N) is 3. The summed E-state index contributed by atoms with van der Waals surface area (Å²) >= 11 is 5.66. The van der Waals surface area contributed by atoms with Crippen LogP contribution in [0.1, 0.15) is 18.0 Å². The summed E-state index contributed by atoms with van der Waals surface area (Å²) < 4.78 is 12.8. The first-order valence-electron chi connectivity index (χ1n) is 5.17. The Morgan fingerprint density at radius 1 is 1.47 bits per heavy atom. The zero-order valence-electron chi connectivity index (χ0n) is 8.69. The predicted molar refractivity (Wildman–Crippen MR) is 61.2 cm³/mol. The zero-order chi connectivity index (χ0) is 11.8. The first-order chi connectivity index (χ1) is 8.22. The van der Waals surface area contributed by atoms with Gasteiger partial charge in [-0.1, -0.05) is 0 Å². The second-order valence-corrected chi connectivity index (χ2v) is 4.24. The number of nitrogens with one attached hydrogen (secondary N) is 2. The van der Waals surface area contributed by atoms with Crippen LogP contribution in [0.2, 0.25) is 5.28 Å². The van der Waals surface area contributed by atoms with Crippen molar-refractivity contribution in [2.75, 3.05) is 5.32 Å². The van der Waals surface area contributed by atoms with Crippen LogP contribution in [-0.4, -0.2) is 26.3 Å². The van der Waals surface area contributed by atoms with E-state index in [0.717, 1.165) is 5.69 Å². The highest BCUT2D eigenvalue weighted by Gasteiger charge is 2.40. The molecule has 1 saturated carbocycles. The molecule has 0 aromatic carbocycles. The summed E-state index contributed by atoms with van der Waals surface area (Å²) in [7, 11) is 0. The number of aromatic amines is 1. The third-order valence-electron chi connectivity index (χ3n) is 2.59. The van der Waals surface area contributed by atoms with E-state index in [-0.39, 0.29) is 11.2 Å². The minimum Gasteiger partial charge on any atom is -0.323 e. The molecule has 2 atom stereocenters. The molecule has 0 saturated heterocycles. The van der Waals surface area contributed by atoms with Crippen molar-refractivity contribution in [1.29, 1.82) is 0 Å². The minimum absolute atomic E-state index is 0.0352. The van der Waals surface area contributed by atoms with Gasteiger partial charge in [-0.15, -0.1) is 0 Å². The Balaban J connectivity index is 1.75. The van der Waals surface area contributed by atoms with Gasteiger partial charge >= 0.3 is 0 Å². The summed E-state index contributed by atoms with van der Waals surface area (Å²) in [4.78, 5) is 7.74. The van der Waals surface area contributed by atoms with Crippen LogP contribution >= 0.6 is 11.6 Å². The quantitative estimate of drug-likeness (QED) is 0.825. The normalized spacial score (nSPS) is 22.5. The van der Waals surface area contributed by atoms with E-state index >= 15 is 0 Å². The maximum Gasteiger partial charge on any atom is 0.224 e. The molecule has 0 amide bonds. The van der Waals surface area contributed by atoms with E-state index in [0.29, 0.717) is 18.1 Å². The topological polar surface area (TPSA) is 66.5 Å². The first-order valence-corrected chi connectivity index (χ1v) is 5.55. The van der Waals surface area contributed by atoms with E-state index < -0.39 is 6.17 Å². The molecule has 7 heteroatoms. The number of anilines is 2. The second-order valence-electron chi connectivity index (χ2n) is 3.90. The summed E-state index contributed by atoms with van der Waals surface area (Å²) in [5.41, 5.74) is 0.806. The maximum absolute atomic E-state index is 12.8. The van der Waals surface area contributed by atoms with Gasteiger partial charge in [0.25, 0.3) is 0 Å². The van der Waals surface area contributed by atoms with Gasteiger partial charge in [0, 0.05) is 23.9 Å². The lowest BCUT2D eigenvalue weighted by atomic mass is 10.3. The van der Waals surface area contributed by atoms with Crippen molar-refractivity contribution >= 4 is 23.2 Å². The molecule has 1 aliphatic rings. The fourth-order valence-corrected chi connectivity index (χ4v) is 1.76. The number of hydrogen-bond donors (Lipinski definition) is 2. The van der Waals surface area contributed by atoms with Gasteiger partial charge in [-0.2, -0.15) is 5.10 Å². The van der Waals surface area contributed by atoms with Gasteiger partial charge in [0.15, 0.2) is 5.82 Å². The molecule has 1 fully saturated rings. The van der Waals surface area contributed by atoms with Crippen LogP contribution in [-0.2, 0) is 0 Å². The molecule has 5 nitrogen and oxygen atoms in total. The molecule has 0 unspecified atom stereocenters. The lowest BCUT2D eigenvalue weighted by Gasteiger charge is -2.00. The number of aromatic nitrogens is 4. The number of hydrogen-bond acceptors (Lipinski definition) is 4. The van der Waals surface area contributed by atoms with E-state index in [1.807, 2.05) is 0 Å². The Bertz CT molecular complexity index is 543. The van der Waals surface area contributed by atoms with Gasteiger partial charge in [-0.3, -0.25) is 5.10 Å². The van der Waals surface area contributed by atoms with Crippen molar-refractivity contribution in [2.24, 2.45) is 0 Å². The van der Waals surface area contributed by atoms with Crippen LogP contribution in [0.25, 0.3) is 0 Å². The number of rotatable bonds is 3. The number of alkyl halides is 1. The summed E-state index contributed by atoms with van der Waals surface area (Å²) in [6, 6.07) is 3.45. The van der Waals surface area contributed by atoms with E-state index in [2.05, 4.69) is 25.5 Å². The molecule has 2 aromatic rings. The first kappa shape index (κ1) is 10.5. The van der Waals surface area contributed by atoms with Crippen molar-refractivity contribution in [3.63, 3.8) is 0 Å². The third-order valence-corrected chi connectivity index (χ3v) is 2.77.